The van der Waals surface area contributed by atoms with Crippen LogP contribution >= 0.6 is 11.3 Å². The van der Waals surface area contributed by atoms with Crippen molar-refractivity contribution in [1.29, 1.82) is 0 Å². The lowest BCUT2D eigenvalue weighted by atomic mass is 10.4. The molecule has 100 valence electrons. The number of carbonyl (C=O) groups excluding carboxylic acids is 1. The number of nitro groups is 1. The molecule has 0 fully saturated rings. The summed E-state index contributed by atoms with van der Waals surface area (Å²) in [5, 5.41) is 13.1. The van der Waals surface area contributed by atoms with Gasteiger partial charge in [0, 0.05) is 19.2 Å². The quantitative estimate of drug-likeness (QED) is 0.468. The van der Waals surface area contributed by atoms with Gasteiger partial charge in [0.25, 0.3) is 5.91 Å². The van der Waals surface area contributed by atoms with E-state index in [2.05, 4.69) is 5.32 Å². The Labute approximate surface area is 109 Å². The number of hydrogen-bond acceptors (Lipinski definition) is 5. The van der Waals surface area contributed by atoms with E-state index < -0.39 is 4.92 Å². The molecule has 7 heteroatoms. The Morgan fingerprint density at radius 1 is 1.56 bits per heavy atom. The fraction of sp³-hybridized carbons (Fsp3) is 0.545. The molecule has 18 heavy (non-hydrogen) atoms. The van der Waals surface area contributed by atoms with Crippen molar-refractivity contribution in [3.63, 3.8) is 0 Å². The number of rotatable bonds is 7. The summed E-state index contributed by atoms with van der Waals surface area (Å²) in [4.78, 5) is 21.9. The van der Waals surface area contributed by atoms with Crippen LogP contribution < -0.4 is 5.32 Å². The van der Waals surface area contributed by atoms with Gasteiger partial charge in [0.15, 0.2) is 0 Å². The summed E-state index contributed by atoms with van der Waals surface area (Å²) < 4.78 is 5.33. The molecular formula is C11H16N2O4S. The molecule has 1 aromatic heterocycles. The topological polar surface area (TPSA) is 81.5 Å². The van der Waals surface area contributed by atoms with E-state index in [1.807, 2.05) is 13.8 Å². The summed E-state index contributed by atoms with van der Waals surface area (Å²) >= 11 is 0.875. The smallest absolute Gasteiger partial charge is 0.324 e. The lowest BCUT2D eigenvalue weighted by Gasteiger charge is -2.07. The minimum atomic E-state index is -0.502. The van der Waals surface area contributed by atoms with Crippen LogP contribution in [0.5, 0.6) is 0 Å². The Hall–Kier alpha value is -1.47. The average molecular weight is 272 g/mol. The van der Waals surface area contributed by atoms with E-state index in [9.17, 15) is 14.9 Å². The number of nitrogens with one attached hydrogen (secondary N) is 1. The second kappa shape index (κ2) is 7.07. The molecular weight excluding hydrogens is 256 g/mol. The maximum absolute atomic E-state index is 11.6. The molecule has 0 atom stereocenters. The molecule has 0 bridgehead atoms. The monoisotopic (exact) mass is 272 g/mol. The molecule has 1 N–H and O–H groups in total. The lowest BCUT2D eigenvalue weighted by Crippen LogP contribution is -2.24. The zero-order valence-corrected chi connectivity index (χ0v) is 11.2. The maximum Gasteiger partial charge on any atom is 0.324 e. The van der Waals surface area contributed by atoms with Gasteiger partial charge in [-0.25, -0.2) is 0 Å². The van der Waals surface area contributed by atoms with Crippen LogP contribution in [0.2, 0.25) is 0 Å². The Balaban J connectivity index is 2.30. The number of ether oxygens (including phenoxy) is 1. The zero-order valence-electron chi connectivity index (χ0n) is 10.3. The van der Waals surface area contributed by atoms with Crippen LogP contribution in [-0.4, -0.2) is 30.1 Å². The third-order valence-corrected chi connectivity index (χ3v) is 3.09. The zero-order chi connectivity index (χ0) is 13.5. The number of thiophene rings is 1. The molecule has 0 saturated carbocycles. The van der Waals surface area contributed by atoms with E-state index in [1.165, 1.54) is 12.1 Å². The van der Waals surface area contributed by atoms with Crippen molar-refractivity contribution in [1.82, 2.24) is 5.32 Å². The predicted molar refractivity (Wildman–Crippen MR) is 69.0 cm³/mol. The maximum atomic E-state index is 11.6. The molecule has 0 aliphatic carbocycles. The normalized spacial score (nSPS) is 10.6. The SMILES string of the molecule is CC(C)OCCCNC(=O)c1ccc([N+](=O)[O-])s1. The highest BCUT2D eigenvalue weighted by molar-refractivity contribution is 7.17. The van der Waals surface area contributed by atoms with Crippen molar-refractivity contribution in [2.45, 2.75) is 26.4 Å². The first-order valence-corrected chi connectivity index (χ1v) is 6.46. The highest BCUT2D eigenvalue weighted by Gasteiger charge is 2.14. The molecule has 0 radical (unpaired) electrons. The second-order valence-electron chi connectivity index (χ2n) is 3.92. The van der Waals surface area contributed by atoms with E-state index >= 15 is 0 Å². The molecule has 1 amide bonds. The Morgan fingerprint density at radius 3 is 2.83 bits per heavy atom. The highest BCUT2D eigenvalue weighted by Crippen LogP contribution is 2.23. The summed E-state index contributed by atoms with van der Waals surface area (Å²) in [6, 6.07) is 2.80. The fourth-order valence-corrected chi connectivity index (χ4v) is 1.96. The molecule has 1 rings (SSSR count). The van der Waals surface area contributed by atoms with Crippen LogP contribution in [0.4, 0.5) is 5.00 Å². The van der Waals surface area contributed by atoms with Gasteiger partial charge in [-0.3, -0.25) is 14.9 Å². The van der Waals surface area contributed by atoms with E-state index in [4.69, 9.17) is 4.74 Å². The van der Waals surface area contributed by atoms with Crippen LogP contribution in [-0.2, 0) is 4.74 Å². The van der Waals surface area contributed by atoms with Crippen molar-refractivity contribution in [3.05, 3.63) is 27.1 Å². The van der Waals surface area contributed by atoms with Gasteiger partial charge in [-0.2, -0.15) is 0 Å². The molecule has 0 aliphatic rings. The molecule has 1 aromatic rings. The summed E-state index contributed by atoms with van der Waals surface area (Å²) in [7, 11) is 0. The summed E-state index contributed by atoms with van der Waals surface area (Å²) in [6.07, 6.45) is 0.901. The van der Waals surface area contributed by atoms with E-state index in [-0.39, 0.29) is 17.0 Å². The summed E-state index contributed by atoms with van der Waals surface area (Å²) in [6.45, 7) is 4.98. The highest BCUT2D eigenvalue weighted by atomic mass is 32.1. The number of nitrogens with zero attached hydrogens (tertiary/aromatic N) is 1. The van der Waals surface area contributed by atoms with Gasteiger partial charge in [0.1, 0.15) is 0 Å². The molecule has 0 spiro atoms. The standard InChI is InChI=1S/C11H16N2O4S/c1-8(2)17-7-3-6-12-11(14)9-4-5-10(18-9)13(15)16/h4-5,8H,3,6-7H2,1-2H3,(H,12,14). The van der Waals surface area contributed by atoms with Crippen molar-refractivity contribution >= 4 is 22.2 Å². The molecule has 0 saturated heterocycles. The van der Waals surface area contributed by atoms with Crippen molar-refractivity contribution in [2.24, 2.45) is 0 Å². The first kappa shape index (κ1) is 14.6. The summed E-state index contributed by atoms with van der Waals surface area (Å²) in [5.41, 5.74) is 0. The Kier molecular flexibility index (Phi) is 5.73. The molecule has 6 nitrogen and oxygen atoms in total. The van der Waals surface area contributed by atoms with Crippen LogP contribution in [0.3, 0.4) is 0 Å². The van der Waals surface area contributed by atoms with Gasteiger partial charge in [-0.05, 0) is 26.3 Å². The molecule has 0 aromatic carbocycles. The third-order valence-electron chi connectivity index (χ3n) is 2.05. The van der Waals surface area contributed by atoms with Gasteiger partial charge in [0.2, 0.25) is 0 Å². The predicted octanol–water partition coefficient (Wildman–Crippen LogP) is 2.20. The Bertz CT molecular complexity index is 417. The van der Waals surface area contributed by atoms with Gasteiger partial charge < -0.3 is 10.1 Å². The fourth-order valence-electron chi connectivity index (χ4n) is 1.23. The van der Waals surface area contributed by atoms with Crippen molar-refractivity contribution < 1.29 is 14.5 Å². The van der Waals surface area contributed by atoms with Gasteiger partial charge >= 0.3 is 5.00 Å². The van der Waals surface area contributed by atoms with Crippen molar-refractivity contribution in [2.75, 3.05) is 13.2 Å². The number of amides is 1. The molecule has 1 heterocycles. The minimum Gasteiger partial charge on any atom is -0.379 e. The van der Waals surface area contributed by atoms with Crippen LogP contribution in [0.1, 0.15) is 29.9 Å². The van der Waals surface area contributed by atoms with Gasteiger partial charge in [-0.15, -0.1) is 0 Å². The number of carbonyl (C=O) groups is 1. The first-order chi connectivity index (χ1) is 8.50. The minimum absolute atomic E-state index is 0.0247. The first-order valence-electron chi connectivity index (χ1n) is 5.64. The largest absolute Gasteiger partial charge is 0.379 e. The van der Waals surface area contributed by atoms with Crippen LogP contribution in [0.15, 0.2) is 12.1 Å². The average Bonchev–Trinajstić information content (AvgIpc) is 2.77. The third kappa shape index (κ3) is 4.80. The van der Waals surface area contributed by atoms with Gasteiger partial charge in [0.05, 0.1) is 15.9 Å². The van der Waals surface area contributed by atoms with Crippen LogP contribution in [0, 0.1) is 10.1 Å². The van der Waals surface area contributed by atoms with E-state index in [1.54, 1.807) is 0 Å². The van der Waals surface area contributed by atoms with E-state index in [0.717, 1.165) is 17.8 Å². The van der Waals surface area contributed by atoms with E-state index in [0.29, 0.717) is 18.0 Å². The molecule has 0 unspecified atom stereocenters. The van der Waals surface area contributed by atoms with Crippen LogP contribution in [0.25, 0.3) is 0 Å². The van der Waals surface area contributed by atoms with Gasteiger partial charge in [-0.1, -0.05) is 11.3 Å². The molecule has 0 aliphatic heterocycles. The number of hydrogen-bond donors (Lipinski definition) is 1. The lowest BCUT2D eigenvalue weighted by molar-refractivity contribution is -0.380. The second-order valence-corrected chi connectivity index (χ2v) is 4.99. The Morgan fingerprint density at radius 2 is 2.28 bits per heavy atom. The summed E-state index contributed by atoms with van der Waals surface area (Å²) in [5.74, 6) is -0.280. The van der Waals surface area contributed by atoms with Crippen molar-refractivity contribution in [3.8, 4) is 0 Å².